The second-order valence-corrected chi connectivity index (χ2v) is 4.30. The maximum atomic E-state index is 9.00. The van der Waals surface area contributed by atoms with Crippen molar-refractivity contribution in [2.75, 3.05) is 18.5 Å². The average molecular weight is 239 g/mol. The molecule has 0 bridgehead atoms. The fourth-order valence-electron chi connectivity index (χ4n) is 2.18. The van der Waals surface area contributed by atoms with Crippen molar-refractivity contribution in [3.63, 3.8) is 0 Å². The third-order valence-corrected chi connectivity index (χ3v) is 3.19. The van der Waals surface area contributed by atoms with E-state index in [0.29, 0.717) is 5.56 Å². The number of H-pyrrole nitrogens is 1. The molecule has 0 amide bonds. The Labute approximate surface area is 105 Å². The van der Waals surface area contributed by atoms with Crippen LogP contribution in [0.25, 0.3) is 10.9 Å². The van der Waals surface area contributed by atoms with Crippen molar-refractivity contribution in [1.29, 1.82) is 5.26 Å². The van der Waals surface area contributed by atoms with E-state index in [1.54, 1.807) is 12.5 Å². The molecule has 1 aromatic heterocycles. The summed E-state index contributed by atoms with van der Waals surface area (Å²) in [5.74, 6) is 0. The average Bonchev–Trinajstić information content (AvgIpc) is 3.02. The first kappa shape index (κ1) is 10.7. The first-order chi connectivity index (χ1) is 8.79. The van der Waals surface area contributed by atoms with E-state index in [1.165, 1.54) is 0 Å². The van der Waals surface area contributed by atoms with Crippen LogP contribution in [0.15, 0.2) is 23.3 Å². The van der Waals surface area contributed by atoms with Crippen molar-refractivity contribution < 1.29 is 0 Å². The molecule has 90 valence electrons. The number of nitrogens with one attached hydrogen (secondary N) is 2. The van der Waals surface area contributed by atoms with Gasteiger partial charge in [-0.15, -0.1) is 0 Å². The van der Waals surface area contributed by atoms with Gasteiger partial charge in [-0.3, -0.25) is 15.4 Å². The number of benzene rings is 1. The Kier molecular flexibility index (Phi) is 2.41. The number of nitrogens with zero attached hydrogens (tertiary/aromatic N) is 3. The summed E-state index contributed by atoms with van der Waals surface area (Å²) in [6.07, 6.45) is 3.55. The van der Waals surface area contributed by atoms with Crippen molar-refractivity contribution in [1.82, 2.24) is 9.99 Å². The number of rotatable bonds is 2. The zero-order chi connectivity index (χ0) is 12.5. The Bertz CT molecular complexity index is 662. The van der Waals surface area contributed by atoms with E-state index in [4.69, 9.17) is 5.26 Å². The fraction of sp³-hybridized carbons (Fsp3) is 0.231. The van der Waals surface area contributed by atoms with Gasteiger partial charge in [0.15, 0.2) is 0 Å². The Morgan fingerprint density at radius 3 is 3.11 bits per heavy atom. The second kappa shape index (κ2) is 4.08. The molecule has 0 fully saturated rings. The van der Waals surface area contributed by atoms with Gasteiger partial charge in [-0.2, -0.15) is 5.26 Å². The quantitative estimate of drug-likeness (QED) is 0.842. The molecule has 1 aromatic carbocycles. The zero-order valence-corrected chi connectivity index (χ0v) is 10.1. The maximum Gasteiger partial charge on any atom is 0.104 e. The predicted octanol–water partition coefficient (Wildman–Crippen LogP) is 2.02. The van der Waals surface area contributed by atoms with Crippen LogP contribution in [0.1, 0.15) is 11.1 Å². The lowest BCUT2D eigenvalue weighted by Crippen LogP contribution is -2.26. The van der Waals surface area contributed by atoms with Crippen LogP contribution in [0, 0.1) is 18.3 Å². The van der Waals surface area contributed by atoms with Gasteiger partial charge in [-0.25, -0.2) is 0 Å². The van der Waals surface area contributed by atoms with Crippen molar-refractivity contribution in [3.05, 3.63) is 29.5 Å². The van der Waals surface area contributed by atoms with Crippen molar-refractivity contribution in [3.8, 4) is 6.07 Å². The molecule has 0 unspecified atom stereocenters. The van der Waals surface area contributed by atoms with E-state index < -0.39 is 0 Å². The third-order valence-electron chi connectivity index (χ3n) is 3.19. The summed E-state index contributed by atoms with van der Waals surface area (Å²) >= 11 is 0. The lowest BCUT2D eigenvalue weighted by atomic mass is 10.1. The Hall–Kier alpha value is -2.48. The van der Waals surface area contributed by atoms with E-state index in [0.717, 1.165) is 35.2 Å². The first-order valence-corrected chi connectivity index (χ1v) is 5.83. The van der Waals surface area contributed by atoms with Gasteiger partial charge >= 0.3 is 0 Å². The number of nitriles is 1. The summed E-state index contributed by atoms with van der Waals surface area (Å²) < 4.78 is 0. The van der Waals surface area contributed by atoms with E-state index in [1.807, 2.05) is 24.1 Å². The van der Waals surface area contributed by atoms with Crippen molar-refractivity contribution in [2.24, 2.45) is 4.99 Å². The summed E-state index contributed by atoms with van der Waals surface area (Å²) in [7, 11) is 0. The molecule has 0 saturated carbocycles. The zero-order valence-electron chi connectivity index (χ0n) is 10.1. The molecule has 0 saturated heterocycles. The highest BCUT2D eigenvalue weighted by atomic mass is 15.5. The van der Waals surface area contributed by atoms with Gasteiger partial charge < -0.3 is 4.98 Å². The van der Waals surface area contributed by atoms with Crippen molar-refractivity contribution in [2.45, 2.75) is 6.92 Å². The largest absolute Gasteiger partial charge is 0.360 e. The van der Waals surface area contributed by atoms with Crippen molar-refractivity contribution >= 4 is 22.9 Å². The fourth-order valence-corrected chi connectivity index (χ4v) is 2.18. The molecule has 1 aliphatic heterocycles. The molecule has 2 aromatic rings. The van der Waals surface area contributed by atoms with Gasteiger partial charge in [0.05, 0.1) is 29.9 Å². The summed E-state index contributed by atoms with van der Waals surface area (Å²) in [6.45, 7) is 3.75. The molecule has 3 rings (SSSR count). The molecule has 2 N–H and O–H groups in total. The number of fused-ring (bicyclic) bond motifs is 1. The Balaban J connectivity index is 2.01. The number of hydrogen-bond acceptors (Lipinski definition) is 4. The molecular formula is C13H13N5. The molecular weight excluding hydrogens is 226 g/mol. The van der Waals surface area contributed by atoms with E-state index in [9.17, 15) is 0 Å². The summed E-state index contributed by atoms with van der Waals surface area (Å²) in [5.41, 5.74) is 7.14. The minimum Gasteiger partial charge on any atom is -0.360 e. The van der Waals surface area contributed by atoms with Crippen LogP contribution in [0.3, 0.4) is 0 Å². The molecule has 1 aliphatic rings. The predicted molar refractivity (Wildman–Crippen MR) is 71.4 cm³/mol. The number of aryl methyl sites for hydroxylation is 1. The van der Waals surface area contributed by atoms with Crippen LogP contribution in [0.5, 0.6) is 0 Å². The molecule has 0 spiro atoms. The Morgan fingerprint density at radius 1 is 1.50 bits per heavy atom. The summed E-state index contributed by atoms with van der Waals surface area (Å²) in [4.78, 5) is 7.32. The first-order valence-electron chi connectivity index (χ1n) is 5.83. The lowest BCUT2D eigenvalue weighted by Gasteiger charge is -2.18. The monoisotopic (exact) mass is 239 g/mol. The topological polar surface area (TPSA) is 67.2 Å². The van der Waals surface area contributed by atoms with E-state index >= 15 is 0 Å². The minimum absolute atomic E-state index is 0.683. The molecule has 18 heavy (non-hydrogen) atoms. The van der Waals surface area contributed by atoms with E-state index in [-0.39, 0.29) is 0 Å². The highest BCUT2D eigenvalue weighted by molar-refractivity contribution is 5.91. The molecule has 5 heteroatoms. The molecule has 5 nitrogen and oxygen atoms in total. The van der Waals surface area contributed by atoms with Gasteiger partial charge in [0, 0.05) is 11.6 Å². The number of hydrazine groups is 1. The van der Waals surface area contributed by atoms with Crippen LogP contribution >= 0.6 is 0 Å². The van der Waals surface area contributed by atoms with Crippen LogP contribution in [-0.2, 0) is 0 Å². The minimum atomic E-state index is 0.683. The smallest absolute Gasteiger partial charge is 0.104 e. The lowest BCUT2D eigenvalue weighted by molar-refractivity contribution is 0.557. The van der Waals surface area contributed by atoms with Crippen LogP contribution in [0.4, 0.5) is 5.69 Å². The SMILES string of the molecule is Cc1c(NN2C=NCC2)ccc2c(C#N)c[nH]c12. The van der Waals surface area contributed by atoms with Gasteiger partial charge in [0.1, 0.15) is 12.4 Å². The highest BCUT2D eigenvalue weighted by Crippen LogP contribution is 2.27. The van der Waals surface area contributed by atoms with Gasteiger partial charge in [-0.05, 0) is 24.6 Å². The normalized spacial score (nSPS) is 14.1. The summed E-state index contributed by atoms with van der Waals surface area (Å²) in [5, 5.41) is 11.9. The maximum absolute atomic E-state index is 9.00. The van der Waals surface area contributed by atoms with E-state index in [2.05, 4.69) is 21.5 Å². The van der Waals surface area contributed by atoms with Crippen LogP contribution < -0.4 is 5.43 Å². The third kappa shape index (κ3) is 1.59. The molecule has 2 heterocycles. The Morgan fingerprint density at radius 2 is 2.39 bits per heavy atom. The van der Waals surface area contributed by atoms with Gasteiger partial charge in [-0.1, -0.05) is 0 Å². The molecule has 0 atom stereocenters. The highest BCUT2D eigenvalue weighted by Gasteiger charge is 2.11. The standard InChI is InChI=1S/C13H13N5/c1-9-12(17-18-5-4-15-8-18)3-2-11-10(6-14)7-16-13(9)11/h2-3,7-8,16-17H,4-5H2,1H3. The number of anilines is 1. The number of aliphatic imine (C=N–C) groups is 1. The number of aromatic nitrogens is 1. The molecule has 0 aliphatic carbocycles. The van der Waals surface area contributed by atoms with Gasteiger partial charge in [0.2, 0.25) is 0 Å². The summed E-state index contributed by atoms with van der Waals surface area (Å²) in [6, 6.07) is 6.15. The van der Waals surface area contributed by atoms with Gasteiger partial charge in [0.25, 0.3) is 0 Å². The number of hydrogen-bond donors (Lipinski definition) is 2. The number of aromatic amines is 1. The van der Waals surface area contributed by atoms with Crippen LogP contribution in [-0.4, -0.2) is 29.4 Å². The molecule has 0 radical (unpaired) electrons. The second-order valence-electron chi connectivity index (χ2n) is 4.30. The van der Waals surface area contributed by atoms with Crippen LogP contribution in [0.2, 0.25) is 0 Å².